The maximum Gasteiger partial charge on any atom is 0.224 e. The number of fused-ring (bicyclic) bond motifs is 5. The van der Waals surface area contributed by atoms with Crippen LogP contribution in [0.25, 0.3) is 49.0 Å². The van der Waals surface area contributed by atoms with E-state index in [9.17, 15) is 0 Å². The van der Waals surface area contributed by atoms with Gasteiger partial charge in [0.2, 0.25) is 5.52 Å². The van der Waals surface area contributed by atoms with Crippen LogP contribution in [0.1, 0.15) is 37.5 Å². The summed E-state index contributed by atoms with van der Waals surface area (Å²) in [7, 11) is 2.12. The van der Waals surface area contributed by atoms with Gasteiger partial charge < -0.3 is 4.40 Å². The molecule has 0 atom stereocenters. The van der Waals surface area contributed by atoms with Crippen molar-refractivity contribution in [3.05, 3.63) is 71.2 Å². The second-order valence-corrected chi connectivity index (χ2v) is 10.7. The molecule has 3 heteroatoms. The molecular formula is C29H28FN2+. The summed E-state index contributed by atoms with van der Waals surface area (Å²) in [5.74, 6) is -0.168. The predicted molar refractivity (Wildman–Crippen MR) is 132 cm³/mol. The van der Waals surface area contributed by atoms with Crippen LogP contribution in [0.4, 0.5) is 4.39 Å². The van der Waals surface area contributed by atoms with Crippen LogP contribution in [-0.2, 0) is 13.5 Å². The van der Waals surface area contributed by atoms with Gasteiger partial charge in [-0.1, -0.05) is 39.0 Å². The summed E-state index contributed by atoms with van der Waals surface area (Å²) in [5, 5.41) is 5.75. The molecule has 0 saturated heterocycles. The highest BCUT2D eigenvalue weighted by atomic mass is 19.1. The smallest absolute Gasteiger partial charge is 0.224 e. The Kier molecular flexibility index (Phi) is 3.77. The van der Waals surface area contributed by atoms with E-state index in [0.29, 0.717) is 5.52 Å². The fourth-order valence-corrected chi connectivity index (χ4v) is 5.68. The molecule has 0 aliphatic heterocycles. The maximum absolute atomic E-state index is 15.4. The Hall–Kier alpha value is -3.20. The van der Waals surface area contributed by atoms with Crippen molar-refractivity contribution in [1.29, 1.82) is 0 Å². The molecule has 0 aliphatic rings. The first-order valence-electron chi connectivity index (χ1n) is 11.3. The topological polar surface area (TPSA) is 8.29 Å². The summed E-state index contributed by atoms with van der Waals surface area (Å²) in [6.07, 6.45) is 3.13. The van der Waals surface area contributed by atoms with Gasteiger partial charge in [-0.2, -0.15) is 0 Å². The zero-order valence-corrected chi connectivity index (χ0v) is 19.6. The molecule has 0 fully saturated rings. The normalized spacial score (nSPS) is 13.0. The number of halogens is 1. The first-order valence-corrected chi connectivity index (χ1v) is 11.3. The maximum atomic E-state index is 15.4. The Bertz CT molecular complexity index is 1710. The quantitative estimate of drug-likeness (QED) is 0.151. The highest BCUT2D eigenvalue weighted by Gasteiger charge is 2.26. The van der Waals surface area contributed by atoms with Gasteiger partial charge in [-0.3, -0.25) is 0 Å². The van der Waals surface area contributed by atoms with Crippen molar-refractivity contribution < 1.29 is 8.96 Å². The van der Waals surface area contributed by atoms with Crippen LogP contribution in [0.3, 0.4) is 0 Å². The highest BCUT2D eigenvalue weighted by molar-refractivity contribution is 6.26. The van der Waals surface area contributed by atoms with Gasteiger partial charge in [0.25, 0.3) is 0 Å². The van der Waals surface area contributed by atoms with Crippen molar-refractivity contribution in [2.24, 2.45) is 12.5 Å². The summed E-state index contributed by atoms with van der Waals surface area (Å²) in [6.45, 7) is 11.2. The van der Waals surface area contributed by atoms with Crippen LogP contribution >= 0.6 is 0 Å². The van der Waals surface area contributed by atoms with E-state index in [2.05, 4.69) is 87.2 Å². The van der Waals surface area contributed by atoms with E-state index >= 15 is 4.39 Å². The lowest BCUT2D eigenvalue weighted by atomic mass is 9.87. The molecule has 3 aromatic heterocycles. The minimum absolute atomic E-state index is 0.168. The number of nitrogens with zero attached hydrogens (tertiary/aromatic N) is 2. The summed E-state index contributed by atoms with van der Waals surface area (Å²) in [5.41, 5.74) is 8.07. The van der Waals surface area contributed by atoms with Gasteiger partial charge in [0.15, 0.2) is 6.20 Å². The molecule has 160 valence electrons. The van der Waals surface area contributed by atoms with Crippen molar-refractivity contribution in [3.8, 4) is 0 Å². The Balaban J connectivity index is 2.01. The molecule has 0 saturated carbocycles. The molecule has 0 bridgehead atoms. The Morgan fingerprint density at radius 2 is 1.72 bits per heavy atom. The van der Waals surface area contributed by atoms with E-state index in [-0.39, 0.29) is 11.2 Å². The molecule has 3 heterocycles. The molecule has 0 unspecified atom stereocenters. The van der Waals surface area contributed by atoms with Crippen LogP contribution < -0.4 is 4.57 Å². The van der Waals surface area contributed by atoms with Crippen molar-refractivity contribution in [1.82, 2.24) is 4.40 Å². The largest absolute Gasteiger partial charge is 0.305 e. The number of aryl methyl sites for hydroxylation is 3. The molecule has 0 aliphatic carbocycles. The Labute approximate surface area is 187 Å². The van der Waals surface area contributed by atoms with Crippen LogP contribution in [0.15, 0.2) is 48.7 Å². The van der Waals surface area contributed by atoms with Crippen molar-refractivity contribution in [2.45, 2.75) is 41.0 Å². The molecular weight excluding hydrogens is 395 g/mol. The van der Waals surface area contributed by atoms with Gasteiger partial charge in [0.05, 0.1) is 27.3 Å². The second-order valence-electron chi connectivity index (χ2n) is 10.7. The van der Waals surface area contributed by atoms with Gasteiger partial charge in [0, 0.05) is 16.8 Å². The minimum Gasteiger partial charge on any atom is -0.305 e. The third-order valence-electron chi connectivity index (χ3n) is 7.03. The fraction of sp³-hybridized carbons (Fsp3) is 0.276. The summed E-state index contributed by atoms with van der Waals surface area (Å²) in [4.78, 5) is 0. The zero-order chi connectivity index (χ0) is 22.5. The van der Waals surface area contributed by atoms with E-state index in [1.54, 1.807) is 6.07 Å². The number of pyridine rings is 2. The molecule has 6 aromatic rings. The number of para-hydroxylation sites is 1. The van der Waals surface area contributed by atoms with Crippen LogP contribution in [-0.4, -0.2) is 4.40 Å². The van der Waals surface area contributed by atoms with E-state index in [1.807, 2.05) is 6.07 Å². The Morgan fingerprint density at radius 3 is 2.47 bits per heavy atom. The average molecular weight is 424 g/mol. The molecule has 0 N–H and O–H groups in total. The summed E-state index contributed by atoms with van der Waals surface area (Å²) < 4.78 is 19.8. The molecule has 0 spiro atoms. The molecule has 32 heavy (non-hydrogen) atoms. The van der Waals surface area contributed by atoms with Gasteiger partial charge in [0.1, 0.15) is 12.9 Å². The zero-order valence-electron chi connectivity index (χ0n) is 19.6. The standard InChI is InChI=1S/C29H28FN2/c1-16-12-21-20-8-7-9-22(30)26(20)32-23-14-18(15-29(3,4)5)13-19-10-11-31(6)28(25(19)23)24(17(16)2)27(21)32/h7-14H,15H2,1-6H3/q+1. The van der Waals surface area contributed by atoms with Crippen molar-refractivity contribution in [2.75, 3.05) is 0 Å². The molecule has 3 aromatic carbocycles. The monoisotopic (exact) mass is 423 g/mol. The van der Waals surface area contributed by atoms with E-state index < -0.39 is 0 Å². The fourth-order valence-electron chi connectivity index (χ4n) is 5.68. The molecule has 6 rings (SSSR count). The van der Waals surface area contributed by atoms with Gasteiger partial charge in [-0.15, -0.1) is 0 Å². The van der Waals surface area contributed by atoms with Gasteiger partial charge >= 0.3 is 0 Å². The first kappa shape index (κ1) is 19.5. The predicted octanol–water partition coefficient (Wildman–Crippen LogP) is 7.16. The minimum atomic E-state index is -0.168. The van der Waals surface area contributed by atoms with E-state index in [1.165, 1.54) is 38.4 Å². The van der Waals surface area contributed by atoms with Crippen LogP contribution in [0, 0.1) is 25.1 Å². The second kappa shape index (κ2) is 6.19. The SMILES string of the molecule is Cc1cc2c3cccc(F)c3n3c4cc(CC(C)(C)C)cc5cc[n+](C)c(c(c1C)c23)c54. The number of benzene rings is 3. The number of rotatable bonds is 1. The van der Waals surface area contributed by atoms with Crippen LogP contribution in [0.5, 0.6) is 0 Å². The lowest BCUT2D eigenvalue weighted by Gasteiger charge is -2.20. The van der Waals surface area contributed by atoms with Crippen LogP contribution in [0.2, 0.25) is 0 Å². The summed E-state index contributed by atoms with van der Waals surface area (Å²) >= 11 is 0. The number of hydrogen-bond acceptors (Lipinski definition) is 0. The average Bonchev–Trinajstić information content (AvgIpc) is 3.04. The molecule has 0 amide bonds. The van der Waals surface area contributed by atoms with Gasteiger partial charge in [-0.05, 0) is 66.0 Å². The molecule has 0 radical (unpaired) electrons. The third kappa shape index (κ3) is 2.48. The van der Waals surface area contributed by atoms with E-state index in [4.69, 9.17) is 0 Å². The first-order chi connectivity index (χ1) is 15.2. The number of hydrogen-bond donors (Lipinski definition) is 0. The third-order valence-corrected chi connectivity index (χ3v) is 7.03. The lowest BCUT2D eigenvalue weighted by molar-refractivity contribution is -0.643. The summed E-state index contributed by atoms with van der Waals surface area (Å²) in [6, 6.07) is 14.5. The molecule has 2 nitrogen and oxygen atoms in total. The highest BCUT2D eigenvalue weighted by Crippen LogP contribution is 2.42. The van der Waals surface area contributed by atoms with Gasteiger partial charge in [-0.25, -0.2) is 8.96 Å². The van der Waals surface area contributed by atoms with Crippen molar-refractivity contribution >= 4 is 49.0 Å². The Morgan fingerprint density at radius 1 is 0.938 bits per heavy atom. The lowest BCUT2D eigenvalue weighted by Crippen LogP contribution is -2.29. The van der Waals surface area contributed by atoms with E-state index in [0.717, 1.165) is 28.2 Å². The number of aromatic nitrogens is 2. The van der Waals surface area contributed by atoms with Crippen molar-refractivity contribution in [3.63, 3.8) is 0 Å².